The number of nitrogens with one attached hydrogen (secondary N) is 1. The first-order valence-electron chi connectivity index (χ1n) is 14.3. The maximum Gasteiger partial charge on any atom is 0.514 e. The van der Waals surface area contributed by atoms with Gasteiger partial charge in [-0.2, -0.15) is 0 Å². The van der Waals surface area contributed by atoms with Crippen LogP contribution in [0.3, 0.4) is 0 Å². The number of ether oxygens (including phenoxy) is 7. The summed E-state index contributed by atoms with van der Waals surface area (Å²) in [5.74, 6) is -0.394. The van der Waals surface area contributed by atoms with E-state index in [0.717, 1.165) is 12.8 Å². The number of rotatable bonds is 16. The Bertz CT molecular complexity index is 1170. The van der Waals surface area contributed by atoms with Crippen molar-refractivity contribution in [2.75, 3.05) is 20.3 Å². The first-order valence-corrected chi connectivity index (χ1v) is 14.3. The van der Waals surface area contributed by atoms with Gasteiger partial charge in [-0.3, -0.25) is 4.79 Å². The molecular weight excluding hydrogens is 562 g/mol. The van der Waals surface area contributed by atoms with Gasteiger partial charge in [-0.15, -0.1) is 0 Å². The Hall–Kier alpha value is -4.32. The summed E-state index contributed by atoms with van der Waals surface area (Å²) in [6, 6.07) is 12.1. The van der Waals surface area contributed by atoms with E-state index in [-0.39, 0.29) is 43.3 Å². The van der Waals surface area contributed by atoms with Crippen LogP contribution in [0.25, 0.3) is 0 Å². The number of methoxy groups -OCH3 is 1. The molecule has 0 aliphatic carbocycles. The summed E-state index contributed by atoms with van der Waals surface area (Å²) in [4.78, 5) is 49.2. The van der Waals surface area contributed by atoms with Crippen LogP contribution in [-0.2, 0) is 30.2 Å². The van der Waals surface area contributed by atoms with E-state index < -0.39 is 30.5 Å². The van der Waals surface area contributed by atoms with Crippen molar-refractivity contribution in [1.82, 2.24) is 5.32 Å². The van der Waals surface area contributed by atoms with E-state index >= 15 is 0 Å². The van der Waals surface area contributed by atoms with Gasteiger partial charge in [-0.1, -0.05) is 51.0 Å². The van der Waals surface area contributed by atoms with Crippen molar-refractivity contribution in [3.8, 4) is 17.2 Å². The zero-order valence-electron chi connectivity index (χ0n) is 25.3. The van der Waals surface area contributed by atoms with Crippen LogP contribution in [-0.4, -0.2) is 62.9 Å². The maximum absolute atomic E-state index is 12.5. The van der Waals surface area contributed by atoms with E-state index in [1.165, 1.54) is 19.2 Å². The topological polar surface area (TPSA) is 145 Å². The molecule has 0 aromatic heterocycles. The third kappa shape index (κ3) is 13.5. The molecule has 0 aliphatic heterocycles. The smallest absolute Gasteiger partial charge is 0.468 e. The molecule has 0 radical (unpaired) electrons. The molecule has 236 valence electrons. The van der Waals surface area contributed by atoms with E-state index in [1.54, 1.807) is 50.2 Å². The molecule has 2 aromatic carbocycles. The molecule has 0 fully saturated rings. The summed E-state index contributed by atoms with van der Waals surface area (Å²) in [7, 11) is 1.24. The molecule has 43 heavy (non-hydrogen) atoms. The maximum atomic E-state index is 12.5. The van der Waals surface area contributed by atoms with E-state index in [4.69, 9.17) is 33.2 Å². The van der Waals surface area contributed by atoms with Crippen LogP contribution in [0.2, 0.25) is 0 Å². The monoisotopic (exact) mass is 603 g/mol. The molecule has 0 saturated carbocycles. The van der Waals surface area contributed by atoms with Crippen molar-refractivity contribution < 1.29 is 52.3 Å². The third-order valence-corrected chi connectivity index (χ3v) is 5.96. The van der Waals surface area contributed by atoms with Crippen molar-refractivity contribution in [3.05, 3.63) is 54.1 Å². The fourth-order valence-corrected chi connectivity index (χ4v) is 3.93. The number of benzene rings is 2. The zero-order valence-corrected chi connectivity index (χ0v) is 25.3. The molecule has 0 spiro atoms. The Labute approximate surface area is 251 Å². The predicted molar refractivity (Wildman–Crippen MR) is 155 cm³/mol. The lowest BCUT2D eigenvalue weighted by atomic mass is 10.1. The van der Waals surface area contributed by atoms with Gasteiger partial charge in [0.25, 0.3) is 0 Å². The van der Waals surface area contributed by atoms with Gasteiger partial charge >= 0.3 is 24.4 Å². The van der Waals surface area contributed by atoms with Gasteiger partial charge < -0.3 is 38.5 Å². The molecule has 0 aliphatic rings. The van der Waals surface area contributed by atoms with Crippen molar-refractivity contribution >= 4 is 24.4 Å². The molecule has 3 atom stereocenters. The quantitative estimate of drug-likeness (QED) is 0.104. The van der Waals surface area contributed by atoms with Crippen molar-refractivity contribution in [2.45, 2.75) is 78.0 Å². The van der Waals surface area contributed by atoms with Gasteiger partial charge in [0.1, 0.15) is 30.6 Å². The molecule has 2 unspecified atom stereocenters. The minimum absolute atomic E-state index is 0.0644. The van der Waals surface area contributed by atoms with E-state index in [1.807, 2.05) is 13.8 Å². The molecule has 0 saturated heterocycles. The summed E-state index contributed by atoms with van der Waals surface area (Å²) >= 11 is 0. The SMILES string of the molecule is CCCC(C)OC(=O)Oc1ccc(C[C@H](NCCOC(=O)Oc2ccccc2)C(=O)OC)cc1OC(=O)OC(C)CCC. The standard InChI is InChI=1S/C31H41NO11/c1-6-11-21(3)39-30(35)42-26-16-15-23(20-27(26)43-31(36)40-22(4)12-7-2)19-25(28(33)37-5)32-17-18-38-29(34)41-24-13-9-8-10-14-24/h8-10,13-16,20-22,25,32H,6-7,11-12,17-19H2,1-5H3/t21?,22?,25-/m0/s1. The first-order chi connectivity index (χ1) is 20.6. The summed E-state index contributed by atoms with van der Waals surface area (Å²) in [5, 5.41) is 2.97. The van der Waals surface area contributed by atoms with Crippen LogP contribution in [0.4, 0.5) is 14.4 Å². The second-order valence-electron chi connectivity index (χ2n) is 9.67. The van der Waals surface area contributed by atoms with Crippen molar-refractivity contribution in [2.24, 2.45) is 0 Å². The van der Waals surface area contributed by atoms with E-state index in [2.05, 4.69) is 5.32 Å². The second-order valence-corrected chi connectivity index (χ2v) is 9.67. The average molecular weight is 604 g/mol. The molecule has 1 N–H and O–H groups in total. The largest absolute Gasteiger partial charge is 0.514 e. The summed E-state index contributed by atoms with van der Waals surface area (Å²) < 4.78 is 36.3. The highest BCUT2D eigenvalue weighted by molar-refractivity contribution is 5.76. The predicted octanol–water partition coefficient (Wildman–Crippen LogP) is 5.98. The van der Waals surface area contributed by atoms with Gasteiger partial charge in [-0.25, -0.2) is 14.4 Å². The fraction of sp³-hybridized carbons (Fsp3) is 0.484. The van der Waals surface area contributed by atoms with Gasteiger partial charge in [0.2, 0.25) is 0 Å². The first kappa shape index (κ1) is 34.9. The molecule has 2 aromatic rings. The van der Waals surface area contributed by atoms with Crippen molar-refractivity contribution in [3.63, 3.8) is 0 Å². The summed E-state index contributed by atoms with van der Waals surface area (Å²) in [6.07, 6.45) is -0.550. The van der Waals surface area contributed by atoms with Crippen LogP contribution in [0.15, 0.2) is 48.5 Å². The van der Waals surface area contributed by atoms with E-state index in [9.17, 15) is 19.2 Å². The number of esters is 1. The minimum Gasteiger partial charge on any atom is -0.468 e. The Kier molecular flexibility index (Phi) is 15.4. The van der Waals surface area contributed by atoms with Gasteiger partial charge in [0.15, 0.2) is 11.5 Å². The minimum atomic E-state index is -0.974. The van der Waals surface area contributed by atoms with Crippen LogP contribution < -0.4 is 19.5 Å². The highest BCUT2D eigenvalue weighted by Gasteiger charge is 2.23. The molecule has 12 heteroatoms. The lowest BCUT2D eigenvalue weighted by Crippen LogP contribution is -2.41. The summed E-state index contributed by atoms with van der Waals surface area (Å²) in [6.45, 7) is 7.43. The average Bonchev–Trinajstić information content (AvgIpc) is 2.96. The number of carbonyl (C=O) groups excluding carboxylic acids is 4. The molecular formula is C31H41NO11. The lowest BCUT2D eigenvalue weighted by molar-refractivity contribution is -0.143. The Morgan fingerprint density at radius 2 is 1.37 bits per heavy atom. The van der Waals surface area contributed by atoms with Crippen LogP contribution in [0.1, 0.15) is 58.9 Å². The molecule has 0 bridgehead atoms. The van der Waals surface area contributed by atoms with Gasteiger partial charge in [-0.05, 0) is 62.9 Å². The van der Waals surface area contributed by atoms with Gasteiger partial charge in [0, 0.05) is 6.54 Å². The highest BCUT2D eigenvalue weighted by Crippen LogP contribution is 2.30. The zero-order chi connectivity index (χ0) is 31.6. The number of hydrogen-bond acceptors (Lipinski definition) is 12. The molecule has 0 amide bonds. The summed E-state index contributed by atoms with van der Waals surface area (Å²) in [5.41, 5.74) is 0.539. The molecule has 2 rings (SSSR count). The fourth-order valence-electron chi connectivity index (χ4n) is 3.93. The molecule has 0 heterocycles. The Balaban J connectivity index is 2.10. The van der Waals surface area contributed by atoms with Gasteiger partial charge in [0.05, 0.1) is 7.11 Å². The highest BCUT2D eigenvalue weighted by atomic mass is 16.8. The number of carbonyl (C=O) groups is 4. The number of hydrogen-bond donors (Lipinski definition) is 1. The normalized spacial score (nSPS) is 12.7. The lowest BCUT2D eigenvalue weighted by Gasteiger charge is -2.18. The second kappa shape index (κ2) is 19.0. The van der Waals surface area contributed by atoms with Crippen molar-refractivity contribution in [1.29, 1.82) is 0 Å². The number of para-hydroxylation sites is 1. The molecule has 12 nitrogen and oxygen atoms in total. The Morgan fingerprint density at radius 3 is 1.95 bits per heavy atom. The Morgan fingerprint density at radius 1 is 0.767 bits per heavy atom. The van der Waals surface area contributed by atoms with Crippen LogP contribution in [0, 0.1) is 0 Å². The van der Waals surface area contributed by atoms with Crippen LogP contribution in [0.5, 0.6) is 17.2 Å². The van der Waals surface area contributed by atoms with E-state index in [0.29, 0.717) is 24.2 Å². The third-order valence-electron chi connectivity index (χ3n) is 5.96. The van der Waals surface area contributed by atoms with Crippen LogP contribution >= 0.6 is 0 Å².